The number of rotatable bonds is 2. The summed E-state index contributed by atoms with van der Waals surface area (Å²) in [7, 11) is 0. The Kier molecular flexibility index (Phi) is 3.53. The Morgan fingerprint density at radius 1 is 1.17 bits per heavy atom. The minimum absolute atomic E-state index is 0.229. The smallest absolute Gasteiger partial charge is 0.255 e. The number of amides is 1. The highest BCUT2D eigenvalue weighted by molar-refractivity contribution is 6.31. The monoisotopic (exact) mass is 260 g/mol. The van der Waals surface area contributed by atoms with Crippen LogP contribution >= 0.6 is 11.6 Å². The number of carbonyl (C=O) groups is 1. The van der Waals surface area contributed by atoms with E-state index in [1.807, 2.05) is 31.2 Å². The molecule has 0 atom stereocenters. The molecule has 0 heterocycles. The molecule has 0 radical (unpaired) electrons. The first-order valence-corrected chi connectivity index (χ1v) is 5.86. The molecule has 0 aliphatic carbocycles. The van der Waals surface area contributed by atoms with Crippen LogP contribution in [0.1, 0.15) is 15.9 Å². The standard InChI is InChI=1S/C14H13ClN2O/c1-9-2-4-13(5-3-9)17-14(18)10-6-11(15)8-12(16)7-10/h2-8H,16H2,1H3,(H,17,18). The first-order valence-electron chi connectivity index (χ1n) is 5.49. The second kappa shape index (κ2) is 5.10. The van der Waals surface area contributed by atoms with Gasteiger partial charge in [0.05, 0.1) is 0 Å². The summed E-state index contributed by atoms with van der Waals surface area (Å²) in [5, 5.41) is 3.23. The molecule has 0 aliphatic heterocycles. The van der Waals surface area contributed by atoms with Gasteiger partial charge in [-0.05, 0) is 37.3 Å². The molecule has 0 aromatic heterocycles. The van der Waals surface area contributed by atoms with Crippen LogP contribution in [0.2, 0.25) is 5.02 Å². The molecular formula is C14H13ClN2O. The minimum atomic E-state index is -0.229. The number of hydrogen-bond donors (Lipinski definition) is 2. The highest BCUT2D eigenvalue weighted by atomic mass is 35.5. The molecule has 2 aromatic carbocycles. The molecule has 92 valence electrons. The van der Waals surface area contributed by atoms with E-state index in [2.05, 4.69) is 5.32 Å². The normalized spacial score (nSPS) is 10.1. The van der Waals surface area contributed by atoms with E-state index in [1.54, 1.807) is 18.2 Å². The van der Waals surface area contributed by atoms with Crippen molar-refractivity contribution in [3.05, 3.63) is 58.6 Å². The molecule has 0 unspecified atom stereocenters. The number of carbonyl (C=O) groups excluding carboxylic acids is 1. The van der Waals surface area contributed by atoms with Crippen LogP contribution in [0.4, 0.5) is 11.4 Å². The number of nitrogen functional groups attached to an aromatic ring is 1. The Morgan fingerprint density at radius 2 is 1.83 bits per heavy atom. The fourth-order valence-electron chi connectivity index (χ4n) is 1.58. The summed E-state index contributed by atoms with van der Waals surface area (Å²) in [6.07, 6.45) is 0. The van der Waals surface area contributed by atoms with Gasteiger partial charge in [-0.15, -0.1) is 0 Å². The minimum Gasteiger partial charge on any atom is -0.399 e. The van der Waals surface area contributed by atoms with Crippen LogP contribution < -0.4 is 11.1 Å². The third-order valence-electron chi connectivity index (χ3n) is 2.49. The molecule has 18 heavy (non-hydrogen) atoms. The number of benzene rings is 2. The second-order valence-electron chi connectivity index (χ2n) is 4.09. The van der Waals surface area contributed by atoms with E-state index in [0.717, 1.165) is 11.3 Å². The zero-order chi connectivity index (χ0) is 13.1. The van der Waals surface area contributed by atoms with Crippen molar-refractivity contribution in [2.45, 2.75) is 6.92 Å². The van der Waals surface area contributed by atoms with Gasteiger partial charge in [0.25, 0.3) is 5.91 Å². The Bertz CT molecular complexity index is 559. The van der Waals surface area contributed by atoms with Gasteiger partial charge >= 0.3 is 0 Å². The fraction of sp³-hybridized carbons (Fsp3) is 0.0714. The summed E-state index contributed by atoms with van der Waals surface area (Å²) in [6, 6.07) is 12.3. The van der Waals surface area contributed by atoms with Gasteiger partial charge in [0, 0.05) is 22.0 Å². The van der Waals surface area contributed by atoms with Crippen LogP contribution in [0.25, 0.3) is 0 Å². The van der Waals surface area contributed by atoms with Crippen LogP contribution in [0.5, 0.6) is 0 Å². The van der Waals surface area contributed by atoms with Crippen molar-refractivity contribution in [2.24, 2.45) is 0 Å². The molecule has 1 amide bonds. The lowest BCUT2D eigenvalue weighted by Gasteiger charge is -2.06. The van der Waals surface area contributed by atoms with E-state index in [1.165, 1.54) is 0 Å². The van der Waals surface area contributed by atoms with Crippen molar-refractivity contribution in [3.63, 3.8) is 0 Å². The van der Waals surface area contributed by atoms with Crippen LogP contribution in [0.15, 0.2) is 42.5 Å². The number of nitrogens with one attached hydrogen (secondary N) is 1. The topological polar surface area (TPSA) is 55.1 Å². The highest BCUT2D eigenvalue weighted by Crippen LogP contribution is 2.18. The van der Waals surface area contributed by atoms with Crippen LogP contribution in [-0.2, 0) is 0 Å². The number of halogens is 1. The average Bonchev–Trinajstić information content (AvgIpc) is 2.31. The third-order valence-corrected chi connectivity index (χ3v) is 2.71. The van der Waals surface area contributed by atoms with Crippen molar-refractivity contribution >= 4 is 28.9 Å². The van der Waals surface area contributed by atoms with E-state index in [9.17, 15) is 4.79 Å². The highest BCUT2D eigenvalue weighted by Gasteiger charge is 2.07. The lowest BCUT2D eigenvalue weighted by molar-refractivity contribution is 0.102. The zero-order valence-electron chi connectivity index (χ0n) is 9.91. The number of anilines is 2. The predicted octanol–water partition coefficient (Wildman–Crippen LogP) is 3.48. The van der Waals surface area contributed by atoms with Crippen molar-refractivity contribution in [2.75, 3.05) is 11.1 Å². The Balaban J connectivity index is 2.19. The second-order valence-corrected chi connectivity index (χ2v) is 4.53. The molecule has 0 bridgehead atoms. The van der Waals surface area contributed by atoms with Gasteiger partial charge in [-0.1, -0.05) is 29.3 Å². The van der Waals surface area contributed by atoms with Gasteiger partial charge in [0.15, 0.2) is 0 Å². The first-order chi connectivity index (χ1) is 8.54. The van der Waals surface area contributed by atoms with E-state index >= 15 is 0 Å². The quantitative estimate of drug-likeness (QED) is 0.812. The van der Waals surface area contributed by atoms with E-state index in [0.29, 0.717) is 16.3 Å². The molecule has 3 nitrogen and oxygen atoms in total. The van der Waals surface area contributed by atoms with E-state index in [4.69, 9.17) is 17.3 Å². The molecule has 2 rings (SSSR count). The van der Waals surface area contributed by atoms with Gasteiger partial charge < -0.3 is 11.1 Å². The van der Waals surface area contributed by atoms with Crippen LogP contribution in [0, 0.1) is 6.92 Å². The van der Waals surface area contributed by atoms with Gasteiger partial charge in [0.1, 0.15) is 0 Å². The first kappa shape index (κ1) is 12.5. The van der Waals surface area contributed by atoms with Crippen molar-refractivity contribution in [1.29, 1.82) is 0 Å². The molecule has 4 heteroatoms. The molecule has 0 spiro atoms. The lowest BCUT2D eigenvalue weighted by Crippen LogP contribution is -2.12. The largest absolute Gasteiger partial charge is 0.399 e. The third kappa shape index (κ3) is 3.02. The summed E-state index contributed by atoms with van der Waals surface area (Å²) < 4.78 is 0. The summed E-state index contributed by atoms with van der Waals surface area (Å²) >= 11 is 5.86. The fourth-order valence-corrected chi connectivity index (χ4v) is 1.83. The van der Waals surface area contributed by atoms with Crippen molar-refractivity contribution < 1.29 is 4.79 Å². The van der Waals surface area contributed by atoms with E-state index < -0.39 is 0 Å². The Morgan fingerprint density at radius 3 is 2.44 bits per heavy atom. The summed E-state index contributed by atoms with van der Waals surface area (Å²) in [5.74, 6) is -0.229. The molecular weight excluding hydrogens is 248 g/mol. The summed E-state index contributed by atoms with van der Waals surface area (Å²) in [4.78, 5) is 12.0. The molecule has 0 saturated heterocycles. The average molecular weight is 261 g/mol. The predicted molar refractivity (Wildman–Crippen MR) is 75.0 cm³/mol. The Labute approximate surface area is 111 Å². The van der Waals surface area contributed by atoms with Crippen LogP contribution in [-0.4, -0.2) is 5.91 Å². The Hall–Kier alpha value is -2.00. The van der Waals surface area contributed by atoms with Crippen LogP contribution in [0.3, 0.4) is 0 Å². The van der Waals surface area contributed by atoms with Gasteiger partial charge in [-0.25, -0.2) is 0 Å². The van der Waals surface area contributed by atoms with Crippen molar-refractivity contribution in [3.8, 4) is 0 Å². The summed E-state index contributed by atoms with van der Waals surface area (Å²) in [6.45, 7) is 1.99. The maximum absolute atomic E-state index is 12.0. The molecule has 0 fully saturated rings. The number of hydrogen-bond acceptors (Lipinski definition) is 2. The molecule has 0 aliphatic rings. The SMILES string of the molecule is Cc1ccc(NC(=O)c2cc(N)cc(Cl)c2)cc1. The number of nitrogens with two attached hydrogens (primary N) is 1. The van der Waals surface area contributed by atoms with Crippen molar-refractivity contribution in [1.82, 2.24) is 0 Å². The van der Waals surface area contributed by atoms with Gasteiger partial charge in [0.2, 0.25) is 0 Å². The number of aryl methyl sites for hydroxylation is 1. The molecule has 0 saturated carbocycles. The van der Waals surface area contributed by atoms with Gasteiger partial charge in [-0.3, -0.25) is 4.79 Å². The summed E-state index contributed by atoms with van der Waals surface area (Å²) in [5.41, 5.74) is 8.44. The maximum Gasteiger partial charge on any atom is 0.255 e. The molecule has 3 N–H and O–H groups in total. The van der Waals surface area contributed by atoms with Gasteiger partial charge in [-0.2, -0.15) is 0 Å². The zero-order valence-corrected chi connectivity index (χ0v) is 10.7. The lowest BCUT2D eigenvalue weighted by atomic mass is 10.1. The van der Waals surface area contributed by atoms with E-state index in [-0.39, 0.29) is 5.91 Å². The molecule has 2 aromatic rings. The maximum atomic E-state index is 12.0.